The predicted molar refractivity (Wildman–Crippen MR) is 116 cm³/mol. The first-order valence-corrected chi connectivity index (χ1v) is 10.1. The molecule has 1 amide bonds. The Morgan fingerprint density at radius 1 is 1.14 bits per heavy atom. The zero-order valence-electron chi connectivity index (χ0n) is 17.0. The van der Waals surface area contributed by atoms with Gasteiger partial charge in [-0.1, -0.05) is 18.2 Å². The van der Waals surface area contributed by atoms with Crippen LogP contribution in [0.25, 0.3) is 0 Å². The van der Waals surface area contributed by atoms with E-state index >= 15 is 0 Å². The molecule has 0 atom stereocenters. The lowest BCUT2D eigenvalue weighted by Crippen LogP contribution is -2.30. The summed E-state index contributed by atoms with van der Waals surface area (Å²) in [6.45, 7) is 6.25. The molecule has 0 unspecified atom stereocenters. The third kappa shape index (κ3) is 5.25. The number of nitro benzene ring substituents is 1. The fraction of sp³-hybridized carbons (Fsp3) is 0.409. The number of nitrogens with one attached hydrogen (secondary N) is 2. The SMILES string of the molecule is CC(C)NC(=O)c1ccc(NCc2ccccc2N2CCCCC2)c([N+](=O)[O-])c1. The number of para-hydroxylation sites is 1. The Hall–Kier alpha value is -3.09. The van der Waals surface area contributed by atoms with Crippen molar-refractivity contribution < 1.29 is 9.72 Å². The molecule has 29 heavy (non-hydrogen) atoms. The summed E-state index contributed by atoms with van der Waals surface area (Å²) >= 11 is 0. The third-order valence-corrected chi connectivity index (χ3v) is 5.03. The van der Waals surface area contributed by atoms with Gasteiger partial charge in [0.1, 0.15) is 5.69 Å². The number of nitro groups is 1. The van der Waals surface area contributed by atoms with Crippen LogP contribution in [0.5, 0.6) is 0 Å². The van der Waals surface area contributed by atoms with E-state index in [1.807, 2.05) is 32.0 Å². The number of anilines is 2. The highest BCUT2D eigenvalue weighted by Gasteiger charge is 2.19. The van der Waals surface area contributed by atoms with Crippen LogP contribution in [0.2, 0.25) is 0 Å². The molecule has 154 valence electrons. The van der Waals surface area contributed by atoms with Gasteiger partial charge >= 0.3 is 0 Å². The second-order valence-corrected chi connectivity index (χ2v) is 7.65. The monoisotopic (exact) mass is 396 g/mol. The van der Waals surface area contributed by atoms with Crippen LogP contribution in [0.3, 0.4) is 0 Å². The highest BCUT2D eigenvalue weighted by Crippen LogP contribution is 2.29. The van der Waals surface area contributed by atoms with Crippen LogP contribution < -0.4 is 15.5 Å². The normalized spacial score (nSPS) is 14.0. The number of carbonyl (C=O) groups is 1. The number of carbonyl (C=O) groups excluding carboxylic acids is 1. The number of benzene rings is 2. The Bertz CT molecular complexity index is 876. The Labute approximate surface area is 171 Å². The van der Waals surface area contributed by atoms with Crippen molar-refractivity contribution in [3.8, 4) is 0 Å². The standard InChI is InChI=1S/C22H28N4O3/c1-16(2)24-22(27)17-10-11-19(21(14-17)26(28)29)23-15-18-8-4-5-9-20(18)25-12-6-3-7-13-25/h4-5,8-11,14,16,23H,3,6-7,12-13,15H2,1-2H3,(H,24,27). The van der Waals surface area contributed by atoms with Gasteiger partial charge in [0.15, 0.2) is 0 Å². The summed E-state index contributed by atoms with van der Waals surface area (Å²) in [5.74, 6) is -0.315. The molecule has 1 saturated heterocycles. The first-order valence-electron chi connectivity index (χ1n) is 10.1. The number of hydrogen-bond acceptors (Lipinski definition) is 5. The molecule has 0 radical (unpaired) electrons. The molecule has 1 fully saturated rings. The van der Waals surface area contributed by atoms with Crippen molar-refractivity contribution in [2.75, 3.05) is 23.3 Å². The molecule has 2 aromatic carbocycles. The van der Waals surface area contributed by atoms with E-state index < -0.39 is 4.92 Å². The minimum absolute atomic E-state index is 0.0364. The van der Waals surface area contributed by atoms with Gasteiger partial charge in [-0.3, -0.25) is 14.9 Å². The Balaban J connectivity index is 1.79. The smallest absolute Gasteiger partial charge is 0.293 e. The molecule has 7 heteroatoms. The summed E-state index contributed by atoms with van der Waals surface area (Å²) in [5.41, 5.74) is 2.87. The fourth-order valence-corrected chi connectivity index (χ4v) is 3.61. The van der Waals surface area contributed by atoms with Gasteiger partial charge in [0.05, 0.1) is 4.92 Å². The third-order valence-electron chi connectivity index (χ3n) is 5.03. The molecular weight excluding hydrogens is 368 g/mol. The molecule has 2 aromatic rings. The van der Waals surface area contributed by atoms with E-state index in [1.165, 1.54) is 31.0 Å². The number of amides is 1. The van der Waals surface area contributed by atoms with Gasteiger partial charge in [-0.05, 0) is 56.9 Å². The van der Waals surface area contributed by atoms with E-state index in [4.69, 9.17) is 0 Å². The van der Waals surface area contributed by atoms with Gasteiger partial charge in [-0.25, -0.2) is 0 Å². The number of piperidine rings is 1. The van der Waals surface area contributed by atoms with Gasteiger partial charge < -0.3 is 15.5 Å². The Kier molecular flexibility index (Phi) is 6.69. The maximum Gasteiger partial charge on any atom is 0.293 e. The summed E-state index contributed by atoms with van der Waals surface area (Å²) in [6.07, 6.45) is 3.64. The maximum absolute atomic E-state index is 12.2. The van der Waals surface area contributed by atoms with E-state index in [0.29, 0.717) is 12.2 Å². The van der Waals surface area contributed by atoms with Crippen LogP contribution in [0.4, 0.5) is 17.1 Å². The molecule has 0 spiro atoms. The molecule has 0 aromatic heterocycles. The number of rotatable bonds is 7. The summed E-state index contributed by atoms with van der Waals surface area (Å²) < 4.78 is 0. The number of hydrogen-bond donors (Lipinski definition) is 2. The second-order valence-electron chi connectivity index (χ2n) is 7.65. The summed E-state index contributed by atoms with van der Waals surface area (Å²) in [6, 6.07) is 12.7. The highest BCUT2D eigenvalue weighted by atomic mass is 16.6. The largest absolute Gasteiger partial charge is 0.375 e. The van der Waals surface area contributed by atoms with E-state index in [1.54, 1.807) is 12.1 Å². The zero-order valence-corrected chi connectivity index (χ0v) is 17.0. The van der Waals surface area contributed by atoms with Gasteiger partial charge in [0, 0.05) is 43.0 Å². The van der Waals surface area contributed by atoms with E-state index in [9.17, 15) is 14.9 Å². The van der Waals surface area contributed by atoms with Gasteiger partial charge in [-0.2, -0.15) is 0 Å². The minimum Gasteiger partial charge on any atom is -0.375 e. The predicted octanol–water partition coefficient (Wildman–Crippen LogP) is 4.34. The summed E-state index contributed by atoms with van der Waals surface area (Å²) in [4.78, 5) is 25.7. The highest BCUT2D eigenvalue weighted by molar-refractivity contribution is 5.95. The van der Waals surface area contributed by atoms with Crippen molar-refractivity contribution in [3.63, 3.8) is 0 Å². The van der Waals surface area contributed by atoms with Crippen LogP contribution in [-0.4, -0.2) is 30.0 Å². The van der Waals surface area contributed by atoms with Crippen molar-refractivity contribution in [1.29, 1.82) is 0 Å². The molecule has 2 N–H and O–H groups in total. The Morgan fingerprint density at radius 2 is 1.86 bits per heavy atom. The van der Waals surface area contributed by atoms with Crippen molar-refractivity contribution in [3.05, 3.63) is 63.7 Å². The molecule has 1 aliphatic rings. The second kappa shape index (κ2) is 9.41. The quantitative estimate of drug-likeness (QED) is 0.537. The molecule has 7 nitrogen and oxygen atoms in total. The average molecular weight is 396 g/mol. The Morgan fingerprint density at radius 3 is 2.55 bits per heavy atom. The molecule has 0 bridgehead atoms. The van der Waals surface area contributed by atoms with Crippen molar-refractivity contribution in [1.82, 2.24) is 5.32 Å². The molecule has 0 saturated carbocycles. The van der Waals surface area contributed by atoms with E-state index in [-0.39, 0.29) is 23.2 Å². The first-order chi connectivity index (χ1) is 14.0. The lowest BCUT2D eigenvalue weighted by Gasteiger charge is -2.30. The van der Waals surface area contributed by atoms with Crippen LogP contribution in [0, 0.1) is 10.1 Å². The van der Waals surface area contributed by atoms with Gasteiger partial charge in [-0.15, -0.1) is 0 Å². The van der Waals surface area contributed by atoms with Crippen LogP contribution in [0.15, 0.2) is 42.5 Å². The van der Waals surface area contributed by atoms with Crippen LogP contribution >= 0.6 is 0 Å². The summed E-state index contributed by atoms with van der Waals surface area (Å²) in [5, 5.41) is 17.5. The van der Waals surface area contributed by atoms with Crippen molar-refractivity contribution >= 4 is 23.0 Å². The minimum atomic E-state index is -0.453. The lowest BCUT2D eigenvalue weighted by atomic mass is 10.1. The molecule has 1 aliphatic heterocycles. The van der Waals surface area contributed by atoms with E-state index in [2.05, 4.69) is 21.6 Å². The lowest BCUT2D eigenvalue weighted by molar-refractivity contribution is -0.384. The molecular formula is C22H28N4O3. The van der Waals surface area contributed by atoms with Crippen LogP contribution in [-0.2, 0) is 6.54 Å². The first kappa shape index (κ1) is 20.6. The van der Waals surface area contributed by atoms with Gasteiger partial charge in [0.25, 0.3) is 11.6 Å². The van der Waals surface area contributed by atoms with E-state index in [0.717, 1.165) is 18.7 Å². The zero-order chi connectivity index (χ0) is 20.8. The fourth-order valence-electron chi connectivity index (χ4n) is 3.61. The summed E-state index contributed by atoms with van der Waals surface area (Å²) in [7, 11) is 0. The molecule has 3 rings (SSSR count). The molecule has 1 heterocycles. The maximum atomic E-state index is 12.2. The average Bonchev–Trinajstić information content (AvgIpc) is 2.72. The van der Waals surface area contributed by atoms with Crippen molar-refractivity contribution in [2.24, 2.45) is 0 Å². The number of nitrogens with zero attached hydrogens (tertiary/aromatic N) is 2. The van der Waals surface area contributed by atoms with Crippen molar-refractivity contribution in [2.45, 2.75) is 45.7 Å². The van der Waals surface area contributed by atoms with Crippen LogP contribution in [0.1, 0.15) is 49.0 Å². The molecule has 0 aliphatic carbocycles. The topological polar surface area (TPSA) is 87.5 Å². The van der Waals surface area contributed by atoms with Gasteiger partial charge in [0.2, 0.25) is 0 Å².